The van der Waals surface area contributed by atoms with Crippen LogP contribution >= 0.6 is 0 Å². The van der Waals surface area contributed by atoms with E-state index in [1.807, 2.05) is 0 Å². The van der Waals surface area contributed by atoms with E-state index in [1.54, 1.807) is 0 Å². The fraction of sp³-hybridized carbons (Fsp3) is 0.400. The fourth-order valence-electron chi connectivity index (χ4n) is 12.4. The maximum absolute atomic E-state index is 2.80. The smallest absolute Gasteiger partial charge is 0.252 e. The second-order valence-corrected chi connectivity index (χ2v) is 23.8. The molecule has 6 aromatic carbocycles. The largest absolute Gasteiger partial charge is 0.334 e. The summed E-state index contributed by atoms with van der Waals surface area (Å²) in [5.41, 5.74) is 25.4. The highest BCUT2D eigenvalue weighted by molar-refractivity contribution is 7.00. The SMILES string of the molecule is Cc1cc2c3c(c1)N(c1ccc(C(C)(C)C)cc1C)c1ccc(C(C)(C)C)cc1B3c1ccc(N3c4c(C)cc(C)cc4C4(C)CCCCC34C)cc1N2c1ccc(C(C)(C)C)cc1. The highest BCUT2D eigenvalue weighted by Crippen LogP contribution is 2.62. The van der Waals surface area contributed by atoms with Gasteiger partial charge in [-0.3, -0.25) is 0 Å². The summed E-state index contributed by atoms with van der Waals surface area (Å²) in [6, 6.07) is 41.5. The van der Waals surface area contributed by atoms with Crippen LogP contribution in [0.1, 0.15) is 146 Å². The highest BCUT2D eigenvalue weighted by Gasteiger charge is 2.58. The average Bonchev–Trinajstić information content (AvgIpc) is 3.42. The molecule has 3 aliphatic heterocycles. The van der Waals surface area contributed by atoms with Crippen molar-refractivity contribution in [2.45, 2.75) is 157 Å². The summed E-state index contributed by atoms with van der Waals surface area (Å²) in [6.45, 7) is 35.4. The van der Waals surface area contributed by atoms with Gasteiger partial charge in [-0.2, -0.15) is 0 Å². The third kappa shape index (κ3) is 6.28. The molecule has 0 amide bonds. The van der Waals surface area contributed by atoms with Crippen molar-refractivity contribution in [1.29, 1.82) is 0 Å². The molecule has 2 unspecified atom stereocenters. The average molecular weight is 844 g/mol. The highest BCUT2D eigenvalue weighted by atomic mass is 15.3. The van der Waals surface area contributed by atoms with Crippen molar-refractivity contribution in [3.05, 3.63) is 148 Å². The zero-order valence-corrected chi connectivity index (χ0v) is 41.6. The Bertz CT molecular complexity index is 2880. The van der Waals surface area contributed by atoms with E-state index < -0.39 is 0 Å². The van der Waals surface area contributed by atoms with E-state index in [2.05, 4.69) is 222 Å². The van der Waals surface area contributed by atoms with Crippen LogP contribution in [0.25, 0.3) is 0 Å². The molecule has 0 N–H and O–H groups in total. The van der Waals surface area contributed by atoms with Crippen molar-refractivity contribution in [3.8, 4) is 0 Å². The predicted octanol–water partition coefficient (Wildman–Crippen LogP) is 14.6. The lowest BCUT2D eigenvalue weighted by molar-refractivity contribution is 0.195. The standard InChI is InChI=1S/C60H70BN3/c1-37-30-40(4)55-46(31-37)59(14)28-16-17-29-60(59,15)64(55)45-24-25-47-51(36-45)62(44-22-18-41(19-23-44)56(5,6)7)52-32-38(2)33-53-54(52)61(47)48-35-43(58(11,12)13)21-27-50(48)63(53)49-26-20-42(34-39(49)3)57(8,9)10/h18-27,30-36H,16-17,28-29H2,1-15H3. The molecule has 328 valence electrons. The molecular formula is C60H70BN3. The first kappa shape index (κ1) is 42.7. The Hall–Kier alpha value is -5.22. The Kier molecular flexibility index (Phi) is 9.44. The van der Waals surface area contributed by atoms with E-state index in [0.717, 1.165) is 0 Å². The number of fused-ring (bicyclic) bond motifs is 7. The molecule has 10 rings (SSSR count). The van der Waals surface area contributed by atoms with E-state index in [1.165, 1.54) is 132 Å². The lowest BCUT2D eigenvalue weighted by atomic mass is 9.33. The van der Waals surface area contributed by atoms with Gasteiger partial charge in [0, 0.05) is 50.9 Å². The summed E-state index contributed by atoms with van der Waals surface area (Å²) < 4.78 is 0. The maximum atomic E-state index is 2.80. The molecule has 0 saturated heterocycles. The lowest BCUT2D eigenvalue weighted by Gasteiger charge is -2.51. The van der Waals surface area contributed by atoms with Crippen LogP contribution < -0.4 is 31.1 Å². The van der Waals surface area contributed by atoms with Crippen molar-refractivity contribution in [1.82, 2.24) is 0 Å². The van der Waals surface area contributed by atoms with E-state index in [0.29, 0.717) is 0 Å². The predicted molar refractivity (Wildman–Crippen MR) is 278 cm³/mol. The first-order chi connectivity index (χ1) is 30.0. The molecule has 1 saturated carbocycles. The van der Waals surface area contributed by atoms with Gasteiger partial charge in [0.05, 0.1) is 5.54 Å². The molecule has 3 heterocycles. The molecule has 64 heavy (non-hydrogen) atoms. The molecule has 0 bridgehead atoms. The normalized spacial score (nSPS) is 20.2. The zero-order chi connectivity index (χ0) is 45.6. The number of aryl methyl sites for hydroxylation is 4. The lowest BCUT2D eigenvalue weighted by Crippen LogP contribution is -2.61. The summed E-state index contributed by atoms with van der Waals surface area (Å²) in [5, 5.41) is 0. The quantitative estimate of drug-likeness (QED) is 0.164. The molecule has 3 nitrogen and oxygen atoms in total. The number of anilines is 8. The minimum absolute atomic E-state index is 0.00977. The van der Waals surface area contributed by atoms with Gasteiger partial charge in [-0.15, -0.1) is 0 Å². The first-order valence-electron chi connectivity index (χ1n) is 24.2. The van der Waals surface area contributed by atoms with E-state index in [-0.39, 0.29) is 33.9 Å². The first-order valence-corrected chi connectivity index (χ1v) is 24.2. The minimum atomic E-state index is -0.0458. The molecular weight excluding hydrogens is 773 g/mol. The van der Waals surface area contributed by atoms with Crippen LogP contribution in [0.15, 0.2) is 103 Å². The van der Waals surface area contributed by atoms with E-state index in [9.17, 15) is 0 Å². The van der Waals surface area contributed by atoms with Crippen molar-refractivity contribution in [2.24, 2.45) is 0 Å². The Morgan fingerprint density at radius 3 is 1.67 bits per heavy atom. The molecule has 0 aromatic heterocycles. The maximum Gasteiger partial charge on any atom is 0.252 e. The summed E-state index contributed by atoms with van der Waals surface area (Å²) in [5.74, 6) is 0. The molecule has 1 fully saturated rings. The summed E-state index contributed by atoms with van der Waals surface area (Å²) >= 11 is 0. The van der Waals surface area contributed by atoms with Crippen molar-refractivity contribution in [3.63, 3.8) is 0 Å². The van der Waals surface area contributed by atoms with Gasteiger partial charge >= 0.3 is 0 Å². The van der Waals surface area contributed by atoms with Crippen LogP contribution in [0.4, 0.5) is 45.5 Å². The molecule has 4 heteroatoms. The summed E-state index contributed by atoms with van der Waals surface area (Å²) in [4.78, 5) is 8.02. The Morgan fingerprint density at radius 2 is 1.03 bits per heavy atom. The summed E-state index contributed by atoms with van der Waals surface area (Å²) in [7, 11) is 0. The van der Waals surface area contributed by atoms with Crippen molar-refractivity contribution < 1.29 is 0 Å². The Labute approximate surface area is 386 Å². The van der Waals surface area contributed by atoms with E-state index >= 15 is 0 Å². The van der Waals surface area contributed by atoms with Crippen LogP contribution in [0.3, 0.4) is 0 Å². The van der Waals surface area contributed by atoms with Crippen LogP contribution in [0, 0.1) is 27.7 Å². The summed E-state index contributed by atoms with van der Waals surface area (Å²) in [6.07, 6.45) is 4.93. The monoisotopic (exact) mass is 844 g/mol. The minimum Gasteiger partial charge on any atom is -0.334 e. The Morgan fingerprint density at radius 1 is 0.469 bits per heavy atom. The van der Waals surface area contributed by atoms with Gasteiger partial charge in [-0.25, -0.2) is 0 Å². The number of benzene rings is 6. The van der Waals surface area contributed by atoms with Gasteiger partial charge in [0.2, 0.25) is 0 Å². The fourth-order valence-corrected chi connectivity index (χ4v) is 12.4. The molecule has 6 aromatic rings. The van der Waals surface area contributed by atoms with Gasteiger partial charge in [0.25, 0.3) is 6.71 Å². The number of rotatable bonds is 3. The molecule has 2 atom stereocenters. The number of nitrogens with zero attached hydrogens (tertiary/aromatic N) is 3. The van der Waals surface area contributed by atoms with Crippen LogP contribution in [0.5, 0.6) is 0 Å². The van der Waals surface area contributed by atoms with Crippen LogP contribution in [-0.4, -0.2) is 12.3 Å². The van der Waals surface area contributed by atoms with Gasteiger partial charge in [0.1, 0.15) is 0 Å². The Balaban J connectivity index is 1.27. The van der Waals surface area contributed by atoms with Crippen LogP contribution in [0.2, 0.25) is 0 Å². The third-order valence-corrected chi connectivity index (χ3v) is 16.2. The van der Waals surface area contributed by atoms with E-state index in [4.69, 9.17) is 0 Å². The number of hydrogen-bond donors (Lipinski definition) is 0. The number of hydrogen-bond acceptors (Lipinski definition) is 3. The van der Waals surface area contributed by atoms with Gasteiger partial charge < -0.3 is 14.7 Å². The van der Waals surface area contributed by atoms with Gasteiger partial charge in [0.15, 0.2) is 0 Å². The molecule has 0 spiro atoms. The molecule has 1 aliphatic carbocycles. The van der Waals surface area contributed by atoms with Gasteiger partial charge in [-0.1, -0.05) is 142 Å². The molecule has 4 aliphatic rings. The second-order valence-electron chi connectivity index (χ2n) is 23.8. The van der Waals surface area contributed by atoms with Gasteiger partial charge in [-0.05, 0) is 168 Å². The topological polar surface area (TPSA) is 9.72 Å². The third-order valence-electron chi connectivity index (χ3n) is 16.2. The molecule has 0 radical (unpaired) electrons. The van der Waals surface area contributed by atoms with Crippen molar-refractivity contribution >= 4 is 68.6 Å². The van der Waals surface area contributed by atoms with Crippen molar-refractivity contribution in [2.75, 3.05) is 14.7 Å². The van der Waals surface area contributed by atoms with Crippen LogP contribution in [-0.2, 0) is 21.7 Å². The second kappa shape index (κ2) is 14.1. The zero-order valence-electron chi connectivity index (χ0n) is 41.6.